The predicted molar refractivity (Wildman–Crippen MR) is 107 cm³/mol. The molecule has 0 radical (unpaired) electrons. The first-order chi connectivity index (χ1) is 13.5. The average Bonchev–Trinajstić information content (AvgIpc) is 3.10. The van der Waals surface area contributed by atoms with E-state index in [9.17, 15) is 15.2 Å². The van der Waals surface area contributed by atoms with Gasteiger partial charge in [0, 0.05) is 24.4 Å². The number of hydrogen-bond donors (Lipinski definition) is 3. The van der Waals surface area contributed by atoms with E-state index < -0.39 is 0 Å². The van der Waals surface area contributed by atoms with E-state index in [1.807, 2.05) is 6.92 Å². The number of benzene rings is 1. The molecule has 0 saturated heterocycles. The molecule has 0 atom stereocenters. The molecule has 3 rings (SSSR count). The molecule has 0 bridgehead atoms. The van der Waals surface area contributed by atoms with Gasteiger partial charge in [0.1, 0.15) is 11.7 Å². The van der Waals surface area contributed by atoms with Gasteiger partial charge >= 0.3 is 0 Å². The number of phenols is 1. The summed E-state index contributed by atoms with van der Waals surface area (Å²) in [6.45, 7) is 2.37. The van der Waals surface area contributed by atoms with Gasteiger partial charge in [-0.15, -0.1) is 0 Å². The highest BCUT2D eigenvalue weighted by atomic mass is 35.5. The highest BCUT2D eigenvalue weighted by molar-refractivity contribution is 7.99. The lowest BCUT2D eigenvalue weighted by Gasteiger charge is -2.11. The number of aromatic hydroxyl groups is 1. The first-order valence-electron chi connectivity index (χ1n) is 8.24. The first-order valence-corrected chi connectivity index (χ1v) is 9.60. The second-order valence-corrected chi connectivity index (χ2v) is 6.99. The number of carbonyl (C=O) groups excluding carboxylic acids is 1. The topological polar surface area (TPSA) is 124 Å². The van der Waals surface area contributed by atoms with Gasteiger partial charge in [0.15, 0.2) is 16.7 Å². The highest BCUT2D eigenvalue weighted by Crippen LogP contribution is 2.40. The molecule has 0 aliphatic rings. The SMILES string of the molecule is CCNC(=O)CSc1nc(-c2cc(O)c(OC)cc2Cl)c2c(C#N)c[nH]c2n1. The van der Waals surface area contributed by atoms with Gasteiger partial charge in [0.05, 0.1) is 34.5 Å². The van der Waals surface area contributed by atoms with Crippen molar-refractivity contribution >= 4 is 40.3 Å². The summed E-state index contributed by atoms with van der Waals surface area (Å²) in [5.41, 5.74) is 1.58. The van der Waals surface area contributed by atoms with Crippen LogP contribution < -0.4 is 10.1 Å². The smallest absolute Gasteiger partial charge is 0.230 e. The highest BCUT2D eigenvalue weighted by Gasteiger charge is 2.20. The van der Waals surface area contributed by atoms with Gasteiger partial charge in [0.2, 0.25) is 5.91 Å². The minimum atomic E-state index is -0.137. The molecule has 1 aromatic carbocycles. The molecule has 0 saturated carbocycles. The van der Waals surface area contributed by atoms with Gasteiger partial charge in [-0.3, -0.25) is 4.79 Å². The predicted octanol–water partition coefficient (Wildman–Crippen LogP) is 3.09. The summed E-state index contributed by atoms with van der Waals surface area (Å²) < 4.78 is 5.07. The van der Waals surface area contributed by atoms with Crippen LogP contribution in [-0.4, -0.2) is 45.4 Å². The van der Waals surface area contributed by atoms with E-state index in [4.69, 9.17) is 16.3 Å². The number of H-pyrrole nitrogens is 1. The van der Waals surface area contributed by atoms with Crippen LogP contribution in [0.15, 0.2) is 23.5 Å². The molecule has 28 heavy (non-hydrogen) atoms. The number of nitrogens with one attached hydrogen (secondary N) is 2. The van der Waals surface area contributed by atoms with E-state index in [1.54, 1.807) is 0 Å². The molecule has 2 aromatic heterocycles. The zero-order chi connectivity index (χ0) is 20.3. The van der Waals surface area contributed by atoms with Crippen LogP contribution in [-0.2, 0) is 4.79 Å². The number of thioether (sulfide) groups is 1. The second-order valence-electron chi connectivity index (χ2n) is 5.64. The fourth-order valence-electron chi connectivity index (χ4n) is 2.63. The van der Waals surface area contributed by atoms with E-state index in [2.05, 4.69) is 26.3 Å². The number of carbonyl (C=O) groups is 1. The van der Waals surface area contributed by atoms with Crippen LogP contribution >= 0.6 is 23.4 Å². The number of aromatic amines is 1. The normalized spacial score (nSPS) is 10.6. The van der Waals surface area contributed by atoms with E-state index in [0.717, 1.165) is 11.8 Å². The lowest BCUT2D eigenvalue weighted by molar-refractivity contribution is -0.118. The Bertz CT molecular complexity index is 1090. The van der Waals surface area contributed by atoms with Crippen molar-refractivity contribution in [3.63, 3.8) is 0 Å². The lowest BCUT2D eigenvalue weighted by atomic mass is 10.1. The van der Waals surface area contributed by atoms with Crippen LogP contribution in [0.5, 0.6) is 11.5 Å². The molecule has 1 amide bonds. The molecule has 0 spiro atoms. The maximum atomic E-state index is 11.7. The largest absolute Gasteiger partial charge is 0.504 e. The Labute approximate surface area is 169 Å². The minimum Gasteiger partial charge on any atom is -0.504 e. The van der Waals surface area contributed by atoms with Gasteiger partial charge < -0.3 is 20.1 Å². The van der Waals surface area contributed by atoms with Crippen molar-refractivity contribution in [2.24, 2.45) is 0 Å². The van der Waals surface area contributed by atoms with Gasteiger partial charge in [-0.25, -0.2) is 9.97 Å². The second kappa shape index (κ2) is 8.37. The molecule has 3 aromatic rings. The molecular weight excluding hydrogens is 402 g/mol. The van der Waals surface area contributed by atoms with Gasteiger partial charge in [0.25, 0.3) is 0 Å². The van der Waals surface area contributed by atoms with E-state index in [0.29, 0.717) is 44.6 Å². The Morgan fingerprint density at radius 2 is 2.25 bits per heavy atom. The molecule has 144 valence electrons. The maximum Gasteiger partial charge on any atom is 0.230 e. The summed E-state index contributed by atoms with van der Waals surface area (Å²) in [6, 6.07) is 4.99. The molecule has 10 heteroatoms. The molecule has 2 heterocycles. The third kappa shape index (κ3) is 3.83. The standard InChI is InChI=1S/C18H16ClN5O3S/c1-3-21-14(26)8-28-18-23-16(15-9(6-20)7-22-17(15)24-18)10-4-12(25)13(27-2)5-11(10)19/h4-5,7,25H,3,8H2,1-2H3,(H,21,26)(H,22,23,24). The molecule has 0 unspecified atom stereocenters. The zero-order valence-electron chi connectivity index (χ0n) is 15.0. The number of methoxy groups -OCH3 is 1. The Hall–Kier alpha value is -2.96. The van der Waals surface area contributed by atoms with Crippen LogP contribution in [0, 0.1) is 11.3 Å². The Balaban J connectivity index is 2.14. The molecule has 0 aliphatic heterocycles. The number of fused-ring (bicyclic) bond motifs is 1. The quantitative estimate of drug-likeness (QED) is 0.415. The number of nitriles is 1. The van der Waals surface area contributed by atoms with Gasteiger partial charge in [-0.2, -0.15) is 5.26 Å². The summed E-state index contributed by atoms with van der Waals surface area (Å²) in [5, 5.41) is 23.4. The summed E-state index contributed by atoms with van der Waals surface area (Å²) >= 11 is 7.54. The number of phenolic OH excluding ortho intramolecular Hbond substituents is 1. The minimum absolute atomic E-state index is 0.112. The lowest BCUT2D eigenvalue weighted by Crippen LogP contribution is -2.24. The number of halogens is 1. The Morgan fingerprint density at radius 3 is 2.93 bits per heavy atom. The van der Waals surface area contributed by atoms with Gasteiger partial charge in [-0.1, -0.05) is 23.4 Å². The molecular formula is C18H16ClN5O3S. The number of aromatic nitrogens is 3. The Morgan fingerprint density at radius 1 is 1.46 bits per heavy atom. The summed E-state index contributed by atoms with van der Waals surface area (Å²) in [6.07, 6.45) is 1.53. The van der Waals surface area contributed by atoms with Crippen molar-refractivity contribution in [1.29, 1.82) is 5.26 Å². The number of amides is 1. The van der Waals surface area contributed by atoms with Crippen molar-refractivity contribution < 1.29 is 14.6 Å². The third-order valence-electron chi connectivity index (χ3n) is 3.86. The number of ether oxygens (including phenoxy) is 1. The van der Waals surface area contributed by atoms with Crippen LogP contribution in [0.25, 0.3) is 22.3 Å². The fourth-order valence-corrected chi connectivity index (χ4v) is 3.54. The summed E-state index contributed by atoms with van der Waals surface area (Å²) in [5.74, 6) is 0.118. The van der Waals surface area contributed by atoms with E-state index >= 15 is 0 Å². The number of hydrogen-bond acceptors (Lipinski definition) is 7. The van der Waals surface area contributed by atoms with Crippen molar-refractivity contribution in [1.82, 2.24) is 20.3 Å². The third-order valence-corrected chi connectivity index (χ3v) is 5.02. The molecule has 3 N–H and O–H groups in total. The van der Waals surface area contributed by atoms with Crippen molar-refractivity contribution in [2.45, 2.75) is 12.1 Å². The first kappa shape index (κ1) is 19.8. The molecule has 8 nitrogen and oxygen atoms in total. The van der Waals surface area contributed by atoms with Crippen LogP contribution in [0.3, 0.4) is 0 Å². The average molecular weight is 418 g/mol. The van der Waals surface area contributed by atoms with Crippen molar-refractivity contribution in [3.05, 3.63) is 28.9 Å². The fraction of sp³-hybridized carbons (Fsp3) is 0.222. The number of rotatable bonds is 6. The van der Waals surface area contributed by atoms with Gasteiger partial charge in [-0.05, 0) is 13.0 Å². The monoisotopic (exact) mass is 417 g/mol. The van der Waals surface area contributed by atoms with E-state index in [-0.39, 0.29) is 23.2 Å². The summed E-state index contributed by atoms with van der Waals surface area (Å²) in [7, 11) is 1.42. The Kier molecular flexibility index (Phi) is 5.92. The van der Waals surface area contributed by atoms with Crippen LogP contribution in [0.4, 0.5) is 0 Å². The summed E-state index contributed by atoms with van der Waals surface area (Å²) in [4.78, 5) is 23.6. The van der Waals surface area contributed by atoms with Crippen molar-refractivity contribution in [2.75, 3.05) is 19.4 Å². The zero-order valence-corrected chi connectivity index (χ0v) is 16.6. The van der Waals surface area contributed by atoms with Crippen LogP contribution in [0.1, 0.15) is 12.5 Å². The van der Waals surface area contributed by atoms with Crippen LogP contribution in [0.2, 0.25) is 5.02 Å². The molecule has 0 aliphatic carbocycles. The van der Waals surface area contributed by atoms with E-state index in [1.165, 1.54) is 25.4 Å². The maximum absolute atomic E-state index is 11.7. The molecule has 0 fully saturated rings. The van der Waals surface area contributed by atoms with Crippen molar-refractivity contribution in [3.8, 4) is 28.8 Å². The number of nitrogens with zero attached hydrogens (tertiary/aromatic N) is 3.